The predicted octanol–water partition coefficient (Wildman–Crippen LogP) is 2.25. The summed E-state index contributed by atoms with van der Waals surface area (Å²) in [5.41, 5.74) is 0. The highest BCUT2D eigenvalue weighted by Gasteiger charge is 2.21. The first-order chi connectivity index (χ1) is 7.33. The van der Waals surface area contributed by atoms with Crippen molar-refractivity contribution in [2.24, 2.45) is 0 Å². The second kappa shape index (κ2) is 7.69. The van der Waals surface area contributed by atoms with Gasteiger partial charge in [0.2, 0.25) is 0 Å². The lowest BCUT2D eigenvalue weighted by Gasteiger charge is -2.05. The summed E-state index contributed by atoms with van der Waals surface area (Å²) in [5, 5.41) is 3.14. The molecule has 3 heteroatoms. The number of ether oxygens (including phenoxy) is 1. The molecule has 1 aliphatic rings. The molecule has 0 aromatic carbocycles. The molecule has 0 aliphatic heterocycles. The van der Waals surface area contributed by atoms with Gasteiger partial charge in [0.15, 0.2) is 0 Å². The van der Waals surface area contributed by atoms with E-state index < -0.39 is 0 Å². The van der Waals surface area contributed by atoms with Crippen LogP contribution in [0, 0.1) is 0 Å². The Morgan fingerprint density at radius 1 is 1.27 bits per heavy atom. The third kappa shape index (κ3) is 7.37. The molecule has 1 fully saturated rings. The molecule has 0 bridgehead atoms. The van der Waals surface area contributed by atoms with Gasteiger partial charge >= 0.3 is 5.97 Å². The summed E-state index contributed by atoms with van der Waals surface area (Å²) in [6.07, 6.45) is 8.41. The highest BCUT2D eigenvalue weighted by Crippen LogP contribution is 2.17. The average Bonchev–Trinajstić information content (AvgIpc) is 3.04. The summed E-state index contributed by atoms with van der Waals surface area (Å²) in [4.78, 5) is 11.2. The van der Waals surface area contributed by atoms with Gasteiger partial charge in [-0.3, -0.25) is 4.79 Å². The largest absolute Gasteiger partial charge is 0.465 e. The molecule has 1 aliphatic carbocycles. The molecule has 0 heterocycles. The second-order valence-corrected chi connectivity index (χ2v) is 4.29. The first-order valence-electron chi connectivity index (χ1n) is 6.22. The molecule has 0 atom stereocenters. The number of carbonyl (C=O) groups is 1. The van der Waals surface area contributed by atoms with Gasteiger partial charge in [-0.15, -0.1) is 0 Å². The van der Waals surface area contributed by atoms with E-state index in [9.17, 15) is 4.79 Å². The van der Waals surface area contributed by atoms with Crippen molar-refractivity contribution in [1.82, 2.24) is 5.32 Å². The Balaban J connectivity index is 1.79. The smallest absolute Gasteiger partial charge is 0.319 e. The maximum atomic E-state index is 11.2. The number of carbonyl (C=O) groups excluding carboxylic acids is 1. The Morgan fingerprint density at radius 3 is 2.67 bits per heavy atom. The van der Waals surface area contributed by atoms with Gasteiger partial charge in [0.1, 0.15) is 0 Å². The lowest BCUT2D eigenvalue weighted by atomic mass is 10.2. The number of rotatable bonds is 9. The van der Waals surface area contributed by atoms with Crippen LogP contribution in [-0.2, 0) is 9.53 Å². The summed E-state index contributed by atoms with van der Waals surface area (Å²) in [5.74, 6) is -0.0996. The molecule has 0 radical (unpaired) electrons. The number of hydrogen-bond donors (Lipinski definition) is 1. The lowest BCUT2D eigenvalue weighted by Crippen LogP contribution is -2.26. The van der Waals surface area contributed by atoms with E-state index in [-0.39, 0.29) is 5.97 Å². The van der Waals surface area contributed by atoms with Gasteiger partial charge < -0.3 is 10.1 Å². The molecule has 0 aromatic heterocycles. The molecule has 15 heavy (non-hydrogen) atoms. The monoisotopic (exact) mass is 213 g/mol. The summed E-state index contributed by atoms with van der Waals surface area (Å²) in [6.45, 7) is 3.18. The molecule has 3 nitrogen and oxygen atoms in total. The van der Waals surface area contributed by atoms with Crippen LogP contribution in [0.15, 0.2) is 0 Å². The van der Waals surface area contributed by atoms with Crippen LogP contribution in [0.2, 0.25) is 0 Å². The van der Waals surface area contributed by atoms with Gasteiger partial charge in [-0.25, -0.2) is 0 Å². The Kier molecular flexibility index (Phi) is 6.41. The Morgan fingerprint density at radius 2 is 2.00 bits per heavy atom. The van der Waals surface area contributed by atoms with Crippen molar-refractivity contribution < 1.29 is 9.53 Å². The molecule has 0 amide bonds. The summed E-state index contributed by atoms with van der Waals surface area (Å²) < 4.78 is 5.10. The van der Waals surface area contributed by atoms with Crippen LogP contribution in [0.4, 0.5) is 0 Å². The van der Waals surface area contributed by atoms with Gasteiger partial charge in [-0.05, 0) is 19.3 Å². The summed E-state index contributed by atoms with van der Waals surface area (Å²) in [6, 6.07) is 0.585. The number of hydrogen-bond acceptors (Lipinski definition) is 3. The van der Waals surface area contributed by atoms with E-state index >= 15 is 0 Å². The molecule has 1 saturated carbocycles. The third-order valence-corrected chi connectivity index (χ3v) is 2.62. The van der Waals surface area contributed by atoms with Crippen molar-refractivity contribution in [2.45, 2.75) is 57.9 Å². The molecule has 0 unspecified atom stereocenters. The summed E-state index contributed by atoms with van der Waals surface area (Å²) in [7, 11) is 0. The first-order valence-corrected chi connectivity index (χ1v) is 6.22. The van der Waals surface area contributed by atoms with Crippen molar-refractivity contribution in [2.75, 3.05) is 13.2 Å². The van der Waals surface area contributed by atoms with E-state index in [0.29, 0.717) is 19.2 Å². The minimum absolute atomic E-state index is 0.0996. The van der Waals surface area contributed by atoms with Crippen LogP contribution in [0.3, 0.4) is 0 Å². The van der Waals surface area contributed by atoms with Crippen LogP contribution >= 0.6 is 0 Å². The zero-order valence-corrected chi connectivity index (χ0v) is 9.76. The normalized spacial score (nSPS) is 15.3. The number of unbranched alkanes of at least 4 members (excludes halogenated alkanes) is 4. The highest BCUT2D eigenvalue weighted by atomic mass is 16.5. The second-order valence-electron chi connectivity index (χ2n) is 4.29. The lowest BCUT2D eigenvalue weighted by molar-refractivity contribution is -0.142. The predicted molar refractivity (Wildman–Crippen MR) is 60.7 cm³/mol. The van der Waals surface area contributed by atoms with Crippen LogP contribution in [0.25, 0.3) is 0 Å². The molecule has 88 valence electrons. The first kappa shape index (κ1) is 12.5. The van der Waals surface area contributed by atoms with Crippen LogP contribution < -0.4 is 5.32 Å². The fraction of sp³-hybridized carbons (Fsp3) is 0.917. The van der Waals surface area contributed by atoms with Gasteiger partial charge in [-0.2, -0.15) is 0 Å². The van der Waals surface area contributed by atoms with Crippen LogP contribution in [-0.4, -0.2) is 25.2 Å². The van der Waals surface area contributed by atoms with E-state index in [4.69, 9.17) is 4.74 Å². The molecular formula is C12H23NO2. The van der Waals surface area contributed by atoms with Crippen molar-refractivity contribution in [1.29, 1.82) is 0 Å². The van der Waals surface area contributed by atoms with E-state index in [2.05, 4.69) is 12.2 Å². The number of nitrogens with one attached hydrogen (secondary N) is 1. The van der Waals surface area contributed by atoms with Crippen molar-refractivity contribution in [3.05, 3.63) is 0 Å². The molecule has 0 saturated heterocycles. The zero-order valence-electron chi connectivity index (χ0n) is 9.76. The molecule has 1 N–H and O–H groups in total. The molecular weight excluding hydrogens is 190 g/mol. The molecule has 0 spiro atoms. The minimum atomic E-state index is -0.0996. The fourth-order valence-electron chi connectivity index (χ4n) is 1.46. The van der Waals surface area contributed by atoms with Crippen LogP contribution in [0.5, 0.6) is 0 Å². The van der Waals surface area contributed by atoms with Crippen molar-refractivity contribution >= 4 is 5.97 Å². The van der Waals surface area contributed by atoms with Crippen molar-refractivity contribution in [3.63, 3.8) is 0 Å². The Labute approximate surface area is 92.6 Å². The van der Waals surface area contributed by atoms with Gasteiger partial charge in [0, 0.05) is 6.04 Å². The van der Waals surface area contributed by atoms with Crippen LogP contribution in [0.1, 0.15) is 51.9 Å². The Hall–Kier alpha value is -0.570. The highest BCUT2D eigenvalue weighted by molar-refractivity contribution is 5.71. The zero-order chi connectivity index (χ0) is 10.9. The molecule has 1 rings (SSSR count). The van der Waals surface area contributed by atoms with Gasteiger partial charge in [0.05, 0.1) is 13.2 Å². The standard InChI is InChI=1S/C12H23NO2/c1-2-3-4-5-6-9-15-12(14)10-13-11-7-8-11/h11,13H,2-10H2,1H3. The summed E-state index contributed by atoms with van der Waals surface area (Å²) >= 11 is 0. The van der Waals surface area contributed by atoms with E-state index in [1.54, 1.807) is 0 Å². The minimum Gasteiger partial charge on any atom is -0.465 e. The third-order valence-electron chi connectivity index (χ3n) is 2.62. The average molecular weight is 213 g/mol. The van der Waals surface area contributed by atoms with Gasteiger partial charge in [0.25, 0.3) is 0 Å². The van der Waals surface area contributed by atoms with E-state index in [1.165, 1.54) is 38.5 Å². The number of esters is 1. The van der Waals surface area contributed by atoms with E-state index in [1.807, 2.05) is 0 Å². The maximum Gasteiger partial charge on any atom is 0.319 e. The quantitative estimate of drug-likeness (QED) is 0.471. The SMILES string of the molecule is CCCCCCCOC(=O)CNC1CC1. The van der Waals surface area contributed by atoms with Gasteiger partial charge in [-0.1, -0.05) is 32.6 Å². The van der Waals surface area contributed by atoms with Crippen molar-refractivity contribution in [3.8, 4) is 0 Å². The topological polar surface area (TPSA) is 38.3 Å². The van der Waals surface area contributed by atoms with E-state index in [0.717, 1.165) is 6.42 Å². The molecule has 0 aromatic rings. The Bertz CT molecular complexity index is 178. The fourth-order valence-corrected chi connectivity index (χ4v) is 1.46. The maximum absolute atomic E-state index is 11.2.